The van der Waals surface area contributed by atoms with Gasteiger partial charge in [-0.2, -0.15) is 4.31 Å². The number of anilines is 2. The molecule has 2 unspecified atom stereocenters. The van der Waals surface area contributed by atoms with E-state index in [-0.39, 0.29) is 30.5 Å². The Labute approximate surface area is 229 Å². The van der Waals surface area contributed by atoms with Crippen molar-refractivity contribution in [3.8, 4) is 11.5 Å². The molecule has 3 aromatic carbocycles. The van der Waals surface area contributed by atoms with Gasteiger partial charge in [0.2, 0.25) is 10.0 Å². The molecular weight excluding hydrogens is 518 g/mol. The molecular formula is C29H35N3O6S. The lowest BCUT2D eigenvalue weighted by Crippen LogP contribution is -2.36. The van der Waals surface area contributed by atoms with Crippen LogP contribution in [-0.2, 0) is 21.4 Å². The summed E-state index contributed by atoms with van der Waals surface area (Å²) in [6.07, 6.45) is 0.171. The number of rotatable bonds is 9. The molecule has 0 bridgehead atoms. The first-order chi connectivity index (χ1) is 18.6. The molecule has 4 N–H and O–H groups in total. The predicted molar refractivity (Wildman–Crippen MR) is 151 cm³/mol. The first-order valence-electron chi connectivity index (χ1n) is 12.8. The summed E-state index contributed by atoms with van der Waals surface area (Å²) in [5, 5.41) is 12.8. The fourth-order valence-corrected chi connectivity index (χ4v) is 6.53. The van der Waals surface area contributed by atoms with Crippen LogP contribution in [0.5, 0.6) is 11.5 Å². The van der Waals surface area contributed by atoms with Gasteiger partial charge in [0.05, 0.1) is 31.5 Å². The zero-order valence-electron chi connectivity index (χ0n) is 22.6. The molecule has 2 atom stereocenters. The maximum atomic E-state index is 13.7. The van der Waals surface area contributed by atoms with Gasteiger partial charge in [0.25, 0.3) is 0 Å². The Morgan fingerprint density at radius 1 is 1.21 bits per heavy atom. The summed E-state index contributed by atoms with van der Waals surface area (Å²) < 4.78 is 40.4. The number of benzene rings is 3. The molecule has 0 radical (unpaired) electrons. The van der Waals surface area contributed by atoms with Gasteiger partial charge >= 0.3 is 5.97 Å². The highest BCUT2D eigenvalue weighted by Gasteiger charge is 2.34. The highest BCUT2D eigenvalue weighted by atomic mass is 32.2. The Hall–Kier alpha value is -3.76. The van der Waals surface area contributed by atoms with Gasteiger partial charge in [-0.15, -0.1) is 0 Å². The maximum Gasteiger partial charge on any atom is 0.304 e. The Balaban J connectivity index is 1.76. The van der Waals surface area contributed by atoms with Gasteiger partial charge in [-0.3, -0.25) is 4.79 Å². The summed E-state index contributed by atoms with van der Waals surface area (Å²) in [4.78, 5) is 12.1. The van der Waals surface area contributed by atoms with E-state index in [0.717, 1.165) is 16.7 Å². The standard InChI is InChI=1S/C29H35N3O6S/c1-5-22-17-32(39(35,36)27-9-7-6-8-25(27)38-22)16-21-12-19(11-10-18(21)2)23(15-28(33)34)20-13-24(30)29(31-3)26(14-20)37-4/h6-14,22-23,31H,5,15-17,30H2,1-4H3,(H,33,34). The van der Waals surface area contributed by atoms with Crippen LogP contribution in [0.25, 0.3) is 0 Å². The van der Waals surface area contributed by atoms with Crippen LogP contribution in [0.15, 0.2) is 59.5 Å². The largest absolute Gasteiger partial charge is 0.494 e. The number of nitrogens with two attached hydrogens (primary N) is 1. The van der Waals surface area contributed by atoms with Crippen molar-refractivity contribution >= 4 is 27.4 Å². The summed E-state index contributed by atoms with van der Waals surface area (Å²) in [6.45, 7) is 4.21. The SMILES string of the molecule is CCC1CN(Cc2cc(C(CC(=O)O)c3cc(N)c(NC)c(OC)c3)ccc2C)S(=O)(=O)c2ccccc2O1. The Morgan fingerprint density at radius 3 is 2.62 bits per heavy atom. The topological polar surface area (TPSA) is 131 Å². The van der Waals surface area contributed by atoms with Crippen LogP contribution in [0, 0.1) is 6.92 Å². The summed E-state index contributed by atoms with van der Waals surface area (Å²) in [5.41, 5.74) is 10.4. The molecule has 3 aromatic rings. The molecule has 39 heavy (non-hydrogen) atoms. The molecule has 0 aromatic heterocycles. The lowest BCUT2D eigenvalue weighted by atomic mass is 9.86. The highest BCUT2D eigenvalue weighted by Crippen LogP contribution is 2.39. The number of para-hydroxylation sites is 1. The Bertz CT molecular complexity index is 1470. The third-order valence-corrected chi connectivity index (χ3v) is 9.00. The lowest BCUT2D eigenvalue weighted by Gasteiger charge is -2.25. The molecule has 1 heterocycles. The number of fused-ring (bicyclic) bond motifs is 1. The minimum Gasteiger partial charge on any atom is -0.494 e. The Morgan fingerprint density at radius 2 is 1.95 bits per heavy atom. The van der Waals surface area contributed by atoms with Crippen molar-refractivity contribution in [1.29, 1.82) is 0 Å². The molecule has 0 saturated carbocycles. The van der Waals surface area contributed by atoms with Crippen molar-refractivity contribution in [2.75, 3.05) is 31.8 Å². The molecule has 9 nitrogen and oxygen atoms in total. The Kier molecular flexibility index (Phi) is 8.36. The summed E-state index contributed by atoms with van der Waals surface area (Å²) in [7, 11) is -0.565. The number of aliphatic carboxylic acids is 1. The van der Waals surface area contributed by atoms with Gasteiger partial charge in [-0.25, -0.2) is 8.42 Å². The van der Waals surface area contributed by atoms with E-state index < -0.39 is 21.9 Å². The average Bonchev–Trinajstić information content (AvgIpc) is 3.01. The fourth-order valence-electron chi connectivity index (χ4n) is 4.96. The van der Waals surface area contributed by atoms with Crippen LogP contribution in [0.4, 0.5) is 11.4 Å². The van der Waals surface area contributed by atoms with Gasteiger partial charge in [0.15, 0.2) is 0 Å². The number of hydrogen-bond acceptors (Lipinski definition) is 7. The second-order valence-corrected chi connectivity index (χ2v) is 11.6. The predicted octanol–water partition coefficient (Wildman–Crippen LogP) is 4.60. The van der Waals surface area contributed by atoms with Gasteiger partial charge in [0.1, 0.15) is 22.5 Å². The molecule has 0 amide bonds. The fraction of sp³-hybridized carbons (Fsp3) is 0.345. The second-order valence-electron chi connectivity index (χ2n) is 9.67. The minimum atomic E-state index is -3.83. The van der Waals surface area contributed by atoms with Gasteiger partial charge in [-0.05, 0) is 59.9 Å². The van der Waals surface area contributed by atoms with Gasteiger partial charge < -0.3 is 25.6 Å². The quantitative estimate of drug-likeness (QED) is 0.328. The molecule has 0 aliphatic carbocycles. The lowest BCUT2D eigenvalue weighted by molar-refractivity contribution is -0.137. The highest BCUT2D eigenvalue weighted by molar-refractivity contribution is 7.89. The smallest absolute Gasteiger partial charge is 0.304 e. The number of sulfonamides is 1. The number of ether oxygens (including phenoxy) is 2. The molecule has 0 saturated heterocycles. The van der Waals surface area contributed by atoms with E-state index in [1.165, 1.54) is 11.4 Å². The number of aryl methyl sites for hydroxylation is 1. The zero-order chi connectivity index (χ0) is 28.3. The monoisotopic (exact) mass is 553 g/mol. The van der Waals surface area contributed by atoms with E-state index >= 15 is 0 Å². The number of carboxylic acid groups (broad SMARTS) is 1. The van der Waals surface area contributed by atoms with Crippen LogP contribution in [0.2, 0.25) is 0 Å². The van der Waals surface area contributed by atoms with Crippen molar-refractivity contribution in [2.24, 2.45) is 0 Å². The van der Waals surface area contributed by atoms with E-state index in [2.05, 4.69) is 5.32 Å². The van der Waals surface area contributed by atoms with Crippen molar-refractivity contribution in [1.82, 2.24) is 4.31 Å². The van der Waals surface area contributed by atoms with Crippen LogP contribution in [-0.4, -0.2) is 50.6 Å². The zero-order valence-corrected chi connectivity index (χ0v) is 23.4. The van der Waals surface area contributed by atoms with Crippen LogP contribution in [0.3, 0.4) is 0 Å². The number of nitrogens with zero attached hydrogens (tertiary/aromatic N) is 1. The molecule has 1 aliphatic heterocycles. The molecule has 0 fully saturated rings. The maximum absolute atomic E-state index is 13.7. The van der Waals surface area contributed by atoms with E-state index in [1.807, 2.05) is 32.0 Å². The first kappa shape index (κ1) is 28.3. The van der Waals surface area contributed by atoms with Crippen molar-refractivity contribution < 1.29 is 27.8 Å². The van der Waals surface area contributed by atoms with Crippen LogP contribution >= 0.6 is 0 Å². The molecule has 4 rings (SSSR count). The molecule has 0 spiro atoms. The number of carbonyl (C=O) groups is 1. The van der Waals surface area contributed by atoms with E-state index in [4.69, 9.17) is 15.2 Å². The number of methoxy groups -OCH3 is 1. The first-order valence-corrected chi connectivity index (χ1v) is 14.2. The van der Waals surface area contributed by atoms with Crippen LogP contribution < -0.4 is 20.5 Å². The molecule has 208 valence electrons. The van der Waals surface area contributed by atoms with Crippen molar-refractivity contribution in [3.63, 3.8) is 0 Å². The third-order valence-electron chi connectivity index (χ3n) is 7.15. The van der Waals surface area contributed by atoms with Crippen LogP contribution in [0.1, 0.15) is 47.9 Å². The molecule has 10 heteroatoms. The van der Waals surface area contributed by atoms with E-state index in [1.54, 1.807) is 43.4 Å². The summed E-state index contributed by atoms with van der Waals surface area (Å²) in [6, 6.07) is 15.9. The summed E-state index contributed by atoms with van der Waals surface area (Å²) >= 11 is 0. The van der Waals surface area contributed by atoms with E-state index in [9.17, 15) is 18.3 Å². The normalized spacial score (nSPS) is 17.4. The van der Waals surface area contributed by atoms with Gasteiger partial charge in [0, 0.05) is 19.5 Å². The molecule has 1 aliphatic rings. The van der Waals surface area contributed by atoms with E-state index in [0.29, 0.717) is 34.9 Å². The van der Waals surface area contributed by atoms with Gasteiger partial charge in [-0.1, -0.05) is 37.3 Å². The number of carboxylic acids is 1. The number of nitrogens with one attached hydrogen (secondary N) is 1. The second kappa shape index (κ2) is 11.5. The number of nitrogen functional groups attached to an aromatic ring is 1. The average molecular weight is 554 g/mol. The minimum absolute atomic E-state index is 0.125. The third kappa shape index (κ3) is 5.81. The number of hydrogen-bond donors (Lipinski definition) is 3. The summed E-state index contributed by atoms with van der Waals surface area (Å²) in [5.74, 6) is -0.630. The van der Waals surface area contributed by atoms with Crippen molar-refractivity contribution in [2.45, 2.75) is 50.2 Å². The van der Waals surface area contributed by atoms with Crippen molar-refractivity contribution in [3.05, 3.63) is 76.9 Å².